The molecule has 10 nitrogen and oxygen atoms in total. The van der Waals surface area contributed by atoms with Gasteiger partial charge in [-0.15, -0.1) is 0 Å². The molecule has 2 N–H and O–H groups in total. The minimum Gasteiger partial charge on any atom is -0.507 e. The zero-order chi connectivity index (χ0) is 20.1. The average molecular weight is 372 g/mol. The van der Waals surface area contributed by atoms with Crippen molar-refractivity contribution < 1.29 is 29.6 Å². The van der Waals surface area contributed by atoms with Crippen LogP contribution in [-0.2, 0) is 10.4 Å². The number of aliphatic hydroxyl groups is 1. The van der Waals surface area contributed by atoms with Gasteiger partial charge < -0.3 is 10.2 Å². The van der Waals surface area contributed by atoms with Crippen molar-refractivity contribution in [3.05, 3.63) is 61.7 Å². The van der Waals surface area contributed by atoms with Gasteiger partial charge in [-0.05, 0) is 18.6 Å². The van der Waals surface area contributed by atoms with Crippen molar-refractivity contribution in [3.8, 4) is 16.9 Å². The Morgan fingerprint density at radius 3 is 2.26 bits per heavy atom. The fourth-order valence-electron chi connectivity index (χ4n) is 3.26. The van der Waals surface area contributed by atoms with Gasteiger partial charge in [0.05, 0.1) is 15.9 Å². The van der Waals surface area contributed by atoms with Gasteiger partial charge in [0.1, 0.15) is 11.5 Å². The molecule has 0 aliphatic heterocycles. The van der Waals surface area contributed by atoms with Gasteiger partial charge in [0.2, 0.25) is 0 Å². The number of benzene rings is 2. The average Bonchev–Trinajstić information content (AvgIpc) is 2.58. The Hall–Kier alpha value is -3.66. The summed E-state index contributed by atoms with van der Waals surface area (Å²) in [5.74, 6) is -2.19. The molecule has 2 aromatic carbocycles. The van der Waals surface area contributed by atoms with Gasteiger partial charge in [0, 0.05) is 41.3 Å². The van der Waals surface area contributed by atoms with E-state index in [0.717, 1.165) is 31.2 Å². The van der Waals surface area contributed by atoms with E-state index in [1.54, 1.807) is 0 Å². The first kappa shape index (κ1) is 18.1. The zero-order valence-electron chi connectivity index (χ0n) is 13.8. The highest BCUT2D eigenvalue weighted by Crippen LogP contribution is 2.49. The van der Waals surface area contributed by atoms with Crippen LogP contribution in [0.5, 0.6) is 5.75 Å². The number of phenols is 1. The number of hydrogen-bond acceptors (Lipinski definition) is 8. The number of nitrogens with zero attached hydrogens (tertiary/aromatic N) is 2. The van der Waals surface area contributed by atoms with E-state index >= 15 is 0 Å². The number of nitro groups is 2. The quantitative estimate of drug-likeness (QED) is 0.610. The second-order valence-corrected chi connectivity index (χ2v) is 6.20. The minimum absolute atomic E-state index is 0.0706. The Morgan fingerprint density at radius 2 is 1.70 bits per heavy atom. The lowest BCUT2D eigenvalue weighted by molar-refractivity contribution is -0.385. The summed E-state index contributed by atoms with van der Waals surface area (Å²) in [5, 5.41) is 43.4. The van der Waals surface area contributed by atoms with E-state index in [9.17, 15) is 40.0 Å². The van der Waals surface area contributed by atoms with Crippen LogP contribution in [0, 0.1) is 20.2 Å². The fourth-order valence-corrected chi connectivity index (χ4v) is 3.26. The van der Waals surface area contributed by atoms with Crippen molar-refractivity contribution in [3.63, 3.8) is 0 Å². The second kappa shape index (κ2) is 5.95. The number of carbonyl (C=O) groups excluding carboxylic acids is 2. The van der Waals surface area contributed by atoms with Crippen LogP contribution in [0.4, 0.5) is 11.4 Å². The molecule has 1 atom stereocenters. The van der Waals surface area contributed by atoms with E-state index in [0.29, 0.717) is 0 Å². The summed E-state index contributed by atoms with van der Waals surface area (Å²) >= 11 is 0. The first-order valence-electron chi connectivity index (χ1n) is 7.63. The Labute approximate surface area is 151 Å². The molecule has 138 valence electrons. The van der Waals surface area contributed by atoms with Gasteiger partial charge in [0.15, 0.2) is 11.4 Å². The summed E-state index contributed by atoms with van der Waals surface area (Å²) in [4.78, 5) is 45.1. The van der Waals surface area contributed by atoms with Crippen LogP contribution in [0.3, 0.4) is 0 Å². The van der Waals surface area contributed by atoms with Gasteiger partial charge in [-0.25, -0.2) is 0 Å². The van der Waals surface area contributed by atoms with Crippen LogP contribution in [0.2, 0.25) is 0 Å². The monoisotopic (exact) mass is 372 g/mol. The first-order valence-corrected chi connectivity index (χ1v) is 7.63. The molecule has 0 bridgehead atoms. The fraction of sp³-hybridized carbons (Fsp3) is 0.176. The molecular weight excluding hydrogens is 360 g/mol. The molecule has 0 saturated heterocycles. The van der Waals surface area contributed by atoms with E-state index in [2.05, 4.69) is 0 Å². The van der Waals surface area contributed by atoms with E-state index in [1.165, 1.54) is 6.07 Å². The number of aromatic hydroxyl groups is 1. The summed E-state index contributed by atoms with van der Waals surface area (Å²) in [6, 6.07) is 5.01. The Balaban J connectivity index is 2.41. The number of rotatable bonds is 4. The van der Waals surface area contributed by atoms with Gasteiger partial charge in [0.25, 0.3) is 11.4 Å². The molecule has 10 heteroatoms. The highest BCUT2D eigenvalue weighted by molar-refractivity contribution is 6.14. The molecule has 0 heterocycles. The number of non-ortho nitro benzene ring substituents is 2. The number of nitro benzene ring substituents is 2. The predicted molar refractivity (Wildman–Crippen MR) is 90.4 cm³/mol. The summed E-state index contributed by atoms with van der Waals surface area (Å²) in [5.41, 5.74) is -4.06. The van der Waals surface area contributed by atoms with Crippen molar-refractivity contribution >= 4 is 22.9 Å². The molecular formula is C17H12N2O8. The summed E-state index contributed by atoms with van der Waals surface area (Å²) in [6.45, 7) is 1.12. The van der Waals surface area contributed by atoms with E-state index in [4.69, 9.17) is 0 Å². The molecule has 0 saturated carbocycles. The predicted octanol–water partition coefficient (Wildman–Crippen LogP) is 2.24. The summed E-state index contributed by atoms with van der Waals surface area (Å²) < 4.78 is 0. The van der Waals surface area contributed by atoms with Crippen LogP contribution in [0.15, 0.2) is 30.3 Å². The zero-order valence-corrected chi connectivity index (χ0v) is 13.8. The van der Waals surface area contributed by atoms with Crippen molar-refractivity contribution in [2.45, 2.75) is 18.9 Å². The van der Waals surface area contributed by atoms with Crippen LogP contribution >= 0.6 is 0 Å². The molecule has 0 radical (unpaired) electrons. The van der Waals surface area contributed by atoms with Crippen LogP contribution in [0.25, 0.3) is 11.1 Å². The van der Waals surface area contributed by atoms with Crippen molar-refractivity contribution in [2.75, 3.05) is 0 Å². The van der Waals surface area contributed by atoms with E-state index in [1.807, 2.05) is 0 Å². The van der Waals surface area contributed by atoms with Crippen LogP contribution in [0.1, 0.15) is 29.3 Å². The summed E-state index contributed by atoms with van der Waals surface area (Å²) in [6.07, 6.45) is -0.707. The van der Waals surface area contributed by atoms with Crippen LogP contribution < -0.4 is 0 Å². The molecule has 0 amide bonds. The van der Waals surface area contributed by atoms with Crippen molar-refractivity contribution in [1.82, 2.24) is 0 Å². The maximum Gasteiger partial charge on any atom is 0.273 e. The molecule has 1 unspecified atom stereocenters. The molecule has 1 aliphatic rings. The molecule has 3 rings (SSSR count). The minimum atomic E-state index is -2.49. The molecule has 1 aliphatic carbocycles. The van der Waals surface area contributed by atoms with Crippen molar-refractivity contribution in [1.29, 1.82) is 0 Å². The SMILES string of the molecule is CC(=O)CC1(O)C(=O)c2cc([N+](=O)[O-])ccc2-c2c(O)cc([N+](=O)[O-])cc21. The Kier molecular flexibility index (Phi) is 4.00. The molecule has 2 aromatic rings. The Bertz CT molecular complexity index is 1050. The number of phenolic OH excluding ortho intramolecular Hbond substituents is 1. The summed E-state index contributed by atoms with van der Waals surface area (Å²) in [7, 11) is 0. The van der Waals surface area contributed by atoms with Gasteiger partial charge in [-0.3, -0.25) is 29.8 Å². The molecule has 0 fully saturated rings. The Morgan fingerprint density at radius 1 is 1.07 bits per heavy atom. The topological polar surface area (TPSA) is 161 Å². The largest absolute Gasteiger partial charge is 0.507 e. The number of hydrogen-bond donors (Lipinski definition) is 2. The lowest BCUT2D eigenvalue weighted by atomic mass is 9.72. The van der Waals surface area contributed by atoms with E-state index < -0.39 is 50.6 Å². The second-order valence-electron chi connectivity index (χ2n) is 6.20. The standard InChI is InChI=1S/C17H12N2O8/c1-8(20)7-17(23)13-5-10(19(26)27)6-14(21)15(13)11-3-2-9(18(24)25)4-12(11)16(17)22/h2-6,21,23H,7H2,1H3. The van der Waals surface area contributed by atoms with E-state index in [-0.39, 0.29) is 22.3 Å². The van der Waals surface area contributed by atoms with Gasteiger partial charge in [-0.1, -0.05) is 0 Å². The number of Topliss-reactive ketones (excluding diaryl/α,β-unsaturated/α-hetero) is 2. The number of carbonyl (C=O) groups is 2. The number of fused-ring (bicyclic) bond motifs is 3. The lowest BCUT2D eigenvalue weighted by Gasteiger charge is -2.33. The highest BCUT2D eigenvalue weighted by atomic mass is 16.6. The molecule has 27 heavy (non-hydrogen) atoms. The maximum absolute atomic E-state index is 12.9. The lowest BCUT2D eigenvalue weighted by Crippen LogP contribution is -2.41. The third kappa shape index (κ3) is 2.72. The normalized spacial score (nSPS) is 17.8. The maximum atomic E-state index is 12.9. The smallest absolute Gasteiger partial charge is 0.273 e. The van der Waals surface area contributed by atoms with Crippen molar-refractivity contribution in [2.24, 2.45) is 0 Å². The molecule has 0 aromatic heterocycles. The third-order valence-electron chi connectivity index (χ3n) is 4.37. The highest BCUT2D eigenvalue weighted by Gasteiger charge is 2.48. The number of ketones is 2. The molecule has 0 spiro atoms. The van der Waals surface area contributed by atoms with Crippen LogP contribution in [-0.4, -0.2) is 31.6 Å². The first-order chi connectivity index (χ1) is 12.6. The van der Waals surface area contributed by atoms with Gasteiger partial charge in [-0.2, -0.15) is 0 Å². The third-order valence-corrected chi connectivity index (χ3v) is 4.37. The van der Waals surface area contributed by atoms with Gasteiger partial charge >= 0.3 is 0 Å².